The van der Waals surface area contributed by atoms with Crippen LogP contribution in [-0.2, 0) is 0 Å². The maximum atomic E-state index is 9.38. The third-order valence-corrected chi connectivity index (χ3v) is 3.30. The molecule has 0 radical (unpaired) electrons. The van der Waals surface area contributed by atoms with Crippen molar-refractivity contribution in [3.63, 3.8) is 0 Å². The van der Waals surface area contributed by atoms with Crippen molar-refractivity contribution in [3.05, 3.63) is 0 Å². The Morgan fingerprint density at radius 3 is 1.92 bits per heavy atom. The Balaban J connectivity index is 4.24. The molecule has 2 nitrogen and oxygen atoms in total. The number of hydrogen-bond acceptors (Lipinski definition) is 2. The maximum Gasteiger partial charge on any atom is 0.0499 e. The summed E-state index contributed by atoms with van der Waals surface area (Å²) >= 11 is 0. The predicted molar refractivity (Wildman–Crippen MR) is 57.9 cm³/mol. The summed E-state index contributed by atoms with van der Waals surface area (Å²) in [5, 5.41) is 9.38. The van der Waals surface area contributed by atoms with E-state index in [4.69, 9.17) is 0 Å². The fourth-order valence-electron chi connectivity index (χ4n) is 1.46. The van der Waals surface area contributed by atoms with Gasteiger partial charge >= 0.3 is 0 Å². The van der Waals surface area contributed by atoms with Gasteiger partial charge in [-0.3, -0.25) is 0 Å². The number of aliphatic hydroxyl groups is 1. The van der Waals surface area contributed by atoms with Gasteiger partial charge in [0.1, 0.15) is 0 Å². The molecule has 80 valence electrons. The molecule has 0 unspecified atom stereocenters. The van der Waals surface area contributed by atoms with Gasteiger partial charge in [-0.25, -0.2) is 0 Å². The van der Waals surface area contributed by atoms with E-state index >= 15 is 0 Å². The Bertz CT molecular complexity index is 122. The zero-order valence-corrected chi connectivity index (χ0v) is 9.80. The van der Waals surface area contributed by atoms with E-state index in [2.05, 4.69) is 39.6 Å². The Kier molecular flexibility index (Phi) is 5.57. The van der Waals surface area contributed by atoms with Gasteiger partial charge in [-0.05, 0) is 33.7 Å². The summed E-state index contributed by atoms with van der Waals surface area (Å²) < 4.78 is 0. The quantitative estimate of drug-likeness (QED) is 0.688. The van der Waals surface area contributed by atoms with E-state index in [0.717, 1.165) is 19.4 Å². The summed E-state index contributed by atoms with van der Waals surface area (Å²) in [6.07, 6.45) is 2.11. The summed E-state index contributed by atoms with van der Waals surface area (Å²) in [7, 11) is 2.13. The zero-order valence-electron chi connectivity index (χ0n) is 9.80. The van der Waals surface area contributed by atoms with Crippen LogP contribution >= 0.6 is 0 Å². The molecule has 0 aliphatic heterocycles. The Hall–Kier alpha value is -0.0800. The van der Waals surface area contributed by atoms with E-state index in [1.165, 1.54) is 0 Å². The lowest BCUT2D eigenvalue weighted by molar-refractivity contribution is 0.0652. The van der Waals surface area contributed by atoms with Crippen molar-refractivity contribution in [1.29, 1.82) is 0 Å². The molecular formula is C11H25NO. The van der Waals surface area contributed by atoms with Crippen molar-refractivity contribution >= 4 is 0 Å². The molecule has 2 heteroatoms. The second-order valence-electron chi connectivity index (χ2n) is 4.37. The van der Waals surface area contributed by atoms with Gasteiger partial charge in [-0.15, -0.1) is 0 Å². The minimum absolute atomic E-state index is 0.110. The van der Waals surface area contributed by atoms with Crippen LogP contribution in [0.3, 0.4) is 0 Å². The Labute approximate surface area is 82.9 Å². The van der Waals surface area contributed by atoms with Crippen LogP contribution in [0.25, 0.3) is 0 Å². The van der Waals surface area contributed by atoms with Crippen LogP contribution in [0.5, 0.6) is 0 Å². The highest BCUT2D eigenvalue weighted by molar-refractivity contribution is 4.79. The van der Waals surface area contributed by atoms with Crippen molar-refractivity contribution in [2.75, 3.05) is 20.2 Å². The van der Waals surface area contributed by atoms with Crippen molar-refractivity contribution in [3.8, 4) is 0 Å². The van der Waals surface area contributed by atoms with Crippen LogP contribution in [-0.4, -0.2) is 36.2 Å². The first-order chi connectivity index (χ1) is 6.01. The molecule has 0 spiro atoms. The molecule has 0 heterocycles. The summed E-state index contributed by atoms with van der Waals surface area (Å²) in [6, 6.07) is 0.559. The second-order valence-corrected chi connectivity index (χ2v) is 4.37. The molecule has 0 amide bonds. The highest BCUT2D eigenvalue weighted by Gasteiger charge is 2.27. The molecule has 0 aliphatic carbocycles. The lowest BCUT2D eigenvalue weighted by Crippen LogP contribution is -2.40. The molecule has 0 saturated heterocycles. The maximum absolute atomic E-state index is 9.38. The average Bonchev–Trinajstić information content (AvgIpc) is 2.14. The van der Waals surface area contributed by atoms with Crippen molar-refractivity contribution < 1.29 is 5.11 Å². The molecular weight excluding hydrogens is 162 g/mol. The molecule has 13 heavy (non-hydrogen) atoms. The molecule has 0 fully saturated rings. The highest BCUT2D eigenvalue weighted by Crippen LogP contribution is 2.26. The fourth-order valence-corrected chi connectivity index (χ4v) is 1.46. The number of hydrogen-bond donors (Lipinski definition) is 1. The molecule has 0 aliphatic rings. The van der Waals surface area contributed by atoms with E-state index < -0.39 is 0 Å². The summed E-state index contributed by atoms with van der Waals surface area (Å²) in [6.45, 7) is 9.99. The van der Waals surface area contributed by atoms with Gasteiger partial charge in [-0.1, -0.05) is 13.8 Å². The van der Waals surface area contributed by atoms with Gasteiger partial charge < -0.3 is 10.0 Å². The van der Waals surface area contributed by atoms with Crippen LogP contribution < -0.4 is 0 Å². The summed E-state index contributed by atoms with van der Waals surface area (Å²) in [5.74, 6) is 0. The molecule has 0 aromatic heterocycles. The van der Waals surface area contributed by atoms with Crippen molar-refractivity contribution in [2.24, 2.45) is 5.41 Å². The monoisotopic (exact) mass is 187 g/mol. The minimum atomic E-state index is 0.110. The highest BCUT2D eigenvalue weighted by atomic mass is 16.3. The molecule has 0 saturated carbocycles. The number of aliphatic hydroxyl groups excluding tert-OH is 1. The van der Waals surface area contributed by atoms with Gasteiger partial charge in [0.2, 0.25) is 0 Å². The van der Waals surface area contributed by atoms with Crippen LogP contribution in [0.15, 0.2) is 0 Å². The minimum Gasteiger partial charge on any atom is -0.396 e. The zero-order chi connectivity index (χ0) is 10.5. The van der Waals surface area contributed by atoms with Gasteiger partial charge in [-0.2, -0.15) is 0 Å². The number of rotatable bonds is 6. The standard InChI is InChI=1S/C11H25NO/c1-6-11(7-2,9-13)8-12(5)10(3)4/h10,13H,6-9H2,1-5H3. The van der Waals surface area contributed by atoms with Gasteiger partial charge in [0.15, 0.2) is 0 Å². The van der Waals surface area contributed by atoms with Crippen LogP contribution in [0, 0.1) is 5.41 Å². The second kappa shape index (κ2) is 5.61. The average molecular weight is 187 g/mol. The topological polar surface area (TPSA) is 23.5 Å². The van der Waals surface area contributed by atoms with Gasteiger partial charge in [0.05, 0.1) is 0 Å². The predicted octanol–water partition coefficient (Wildman–Crippen LogP) is 2.13. The molecule has 0 aromatic rings. The van der Waals surface area contributed by atoms with E-state index in [1.54, 1.807) is 0 Å². The Morgan fingerprint density at radius 1 is 1.23 bits per heavy atom. The Morgan fingerprint density at radius 2 is 1.69 bits per heavy atom. The lowest BCUT2D eigenvalue weighted by atomic mass is 9.82. The first-order valence-corrected chi connectivity index (χ1v) is 5.32. The molecule has 0 atom stereocenters. The largest absolute Gasteiger partial charge is 0.396 e. The summed E-state index contributed by atoms with van der Waals surface area (Å²) in [4.78, 5) is 2.31. The third kappa shape index (κ3) is 3.65. The van der Waals surface area contributed by atoms with E-state index in [0.29, 0.717) is 12.6 Å². The van der Waals surface area contributed by atoms with Gasteiger partial charge in [0, 0.05) is 24.6 Å². The van der Waals surface area contributed by atoms with E-state index in [9.17, 15) is 5.11 Å². The SMILES string of the molecule is CCC(CC)(CO)CN(C)C(C)C. The number of nitrogens with zero attached hydrogens (tertiary/aromatic N) is 1. The van der Waals surface area contributed by atoms with Crippen LogP contribution in [0.2, 0.25) is 0 Å². The van der Waals surface area contributed by atoms with Gasteiger partial charge in [0.25, 0.3) is 0 Å². The lowest BCUT2D eigenvalue weighted by Gasteiger charge is -2.35. The third-order valence-electron chi connectivity index (χ3n) is 3.30. The van der Waals surface area contributed by atoms with Crippen LogP contribution in [0.4, 0.5) is 0 Å². The fraction of sp³-hybridized carbons (Fsp3) is 1.00. The first-order valence-electron chi connectivity index (χ1n) is 5.32. The molecule has 0 aromatic carbocycles. The molecule has 1 N–H and O–H groups in total. The smallest absolute Gasteiger partial charge is 0.0499 e. The normalized spacial score (nSPS) is 12.9. The molecule has 0 bridgehead atoms. The molecule has 0 rings (SSSR count). The van der Waals surface area contributed by atoms with Crippen molar-refractivity contribution in [2.45, 2.75) is 46.6 Å². The van der Waals surface area contributed by atoms with E-state index in [1.807, 2.05) is 0 Å². The first kappa shape index (κ1) is 12.9. The van der Waals surface area contributed by atoms with E-state index in [-0.39, 0.29) is 5.41 Å². The van der Waals surface area contributed by atoms with Crippen molar-refractivity contribution in [1.82, 2.24) is 4.90 Å². The summed E-state index contributed by atoms with van der Waals surface area (Å²) in [5.41, 5.74) is 0.110. The van der Waals surface area contributed by atoms with Crippen LogP contribution in [0.1, 0.15) is 40.5 Å².